The maximum absolute atomic E-state index is 7.05. The van der Waals surface area contributed by atoms with Gasteiger partial charge >= 0.3 is 0 Å². The number of hydrogen-bond donors (Lipinski definition) is 2. The molecule has 6 rings (SSSR count). The van der Waals surface area contributed by atoms with E-state index in [1.165, 1.54) is 0 Å². The van der Waals surface area contributed by atoms with Gasteiger partial charge in [-0.2, -0.15) is 0 Å². The molecule has 0 unspecified atom stereocenters. The summed E-state index contributed by atoms with van der Waals surface area (Å²) in [7, 11) is 3.19. The molecule has 2 aromatic carbocycles. The maximum Gasteiger partial charge on any atom is 0.237 e. The fraction of sp³-hybridized carbons (Fsp3) is 0.412. The molecule has 0 aliphatic carbocycles. The molecule has 0 amide bonds. The van der Waals surface area contributed by atoms with E-state index in [0.29, 0.717) is 58.1 Å². The van der Waals surface area contributed by atoms with Crippen LogP contribution in [-0.2, 0) is 22.6 Å². The highest BCUT2D eigenvalue weighted by atomic mass is 35.5. The second-order valence-corrected chi connectivity index (χ2v) is 12.2. The Morgan fingerprint density at radius 1 is 0.696 bits per heavy atom. The number of ether oxygens (including phenoxy) is 4. The van der Waals surface area contributed by atoms with Crippen LogP contribution in [0.4, 0.5) is 0 Å². The number of halogens is 2. The van der Waals surface area contributed by atoms with E-state index in [1.54, 1.807) is 26.6 Å². The summed E-state index contributed by atoms with van der Waals surface area (Å²) in [5.41, 5.74) is 5.62. The van der Waals surface area contributed by atoms with Gasteiger partial charge in [0, 0.05) is 61.6 Å². The van der Waals surface area contributed by atoms with Gasteiger partial charge in [-0.25, -0.2) is 9.97 Å². The van der Waals surface area contributed by atoms with E-state index in [0.717, 1.165) is 86.0 Å². The monoisotopic (exact) mass is 664 g/mol. The predicted octanol–water partition coefficient (Wildman–Crippen LogP) is 5.84. The molecule has 12 heteroatoms. The van der Waals surface area contributed by atoms with Gasteiger partial charge in [-0.15, -0.1) is 0 Å². The van der Waals surface area contributed by atoms with Crippen LogP contribution in [0.5, 0.6) is 11.8 Å². The van der Waals surface area contributed by atoms with Crippen LogP contribution in [0.15, 0.2) is 48.8 Å². The third-order valence-corrected chi connectivity index (χ3v) is 9.16. The normalized spacial score (nSPS) is 17.8. The van der Waals surface area contributed by atoms with Gasteiger partial charge in [0.1, 0.15) is 11.4 Å². The van der Waals surface area contributed by atoms with Crippen LogP contribution < -0.4 is 20.1 Å². The molecule has 2 aromatic heterocycles. The first kappa shape index (κ1) is 32.6. The maximum atomic E-state index is 7.05. The van der Waals surface area contributed by atoms with Crippen LogP contribution in [0.25, 0.3) is 33.6 Å². The summed E-state index contributed by atoms with van der Waals surface area (Å²) in [4.78, 5) is 18.8. The zero-order chi connectivity index (χ0) is 31.9. The lowest BCUT2D eigenvalue weighted by molar-refractivity contribution is 0.185. The molecule has 0 bridgehead atoms. The SMILES string of the molecule is COc1nc(-c2cccc(-c3cccc(-c4cnc(CNC[C@H]5CCOC5)c(OC)n4)c3Cl)c2Cl)cnc1CNC[C@H]1CCOC1. The van der Waals surface area contributed by atoms with Gasteiger partial charge in [-0.1, -0.05) is 59.6 Å². The Labute approximate surface area is 279 Å². The van der Waals surface area contributed by atoms with Gasteiger partial charge in [0.25, 0.3) is 0 Å². The van der Waals surface area contributed by atoms with Crippen molar-refractivity contribution in [3.05, 3.63) is 70.2 Å². The average molecular weight is 666 g/mol. The number of aromatic nitrogens is 4. The van der Waals surface area contributed by atoms with Crippen LogP contribution >= 0.6 is 23.2 Å². The largest absolute Gasteiger partial charge is 0.480 e. The van der Waals surface area contributed by atoms with Crippen molar-refractivity contribution in [1.29, 1.82) is 0 Å². The average Bonchev–Trinajstić information content (AvgIpc) is 3.81. The molecule has 0 radical (unpaired) electrons. The van der Waals surface area contributed by atoms with Crippen molar-refractivity contribution >= 4 is 23.2 Å². The highest BCUT2D eigenvalue weighted by molar-refractivity contribution is 6.39. The van der Waals surface area contributed by atoms with Crippen molar-refractivity contribution in [2.75, 3.05) is 53.7 Å². The van der Waals surface area contributed by atoms with Crippen molar-refractivity contribution in [2.45, 2.75) is 25.9 Å². The number of benzene rings is 2. The molecule has 2 N–H and O–H groups in total. The minimum absolute atomic E-state index is 0.452. The first-order chi connectivity index (χ1) is 22.6. The second kappa shape index (κ2) is 15.5. The number of nitrogens with zero attached hydrogens (tertiary/aromatic N) is 4. The van der Waals surface area contributed by atoms with E-state index < -0.39 is 0 Å². The van der Waals surface area contributed by atoms with E-state index in [4.69, 9.17) is 52.1 Å². The van der Waals surface area contributed by atoms with Crippen LogP contribution in [0.2, 0.25) is 10.0 Å². The Morgan fingerprint density at radius 2 is 1.13 bits per heavy atom. The lowest BCUT2D eigenvalue weighted by Crippen LogP contribution is -2.23. The predicted molar refractivity (Wildman–Crippen MR) is 178 cm³/mol. The third-order valence-electron chi connectivity index (χ3n) is 8.35. The van der Waals surface area contributed by atoms with Crippen molar-refractivity contribution in [3.8, 4) is 45.4 Å². The van der Waals surface area contributed by atoms with E-state index in [2.05, 4.69) is 20.6 Å². The fourth-order valence-corrected chi connectivity index (χ4v) is 6.43. The van der Waals surface area contributed by atoms with Gasteiger partial charge < -0.3 is 29.6 Å². The fourth-order valence-electron chi connectivity index (χ4n) is 5.78. The van der Waals surface area contributed by atoms with E-state index >= 15 is 0 Å². The molecule has 0 saturated carbocycles. The van der Waals surface area contributed by atoms with Crippen LogP contribution in [-0.4, -0.2) is 73.7 Å². The van der Waals surface area contributed by atoms with Gasteiger partial charge in [0.2, 0.25) is 11.8 Å². The first-order valence-corrected chi connectivity index (χ1v) is 16.3. The molecular formula is C34H38Cl2N6O4. The number of methoxy groups -OCH3 is 2. The van der Waals surface area contributed by atoms with Crippen LogP contribution in [0.3, 0.4) is 0 Å². The Kier molecular flexibility index (Phi) is 11.0. The lowest BCUT2D eigenvalue weighted by atomic mass is 9.98. The number of rotatable bonds is 13. The highest BCUT2D eigenvalue weighted by Gasteiger charge is 2.20. The molecule has 2 saturated heterocycles. The van der Waals surface area contributed by atoms with Crippen LogP contribution in [0, 0.1) is 11.8 Å². The van der Waals surface area contributed by atoms with E-state index in [-0.39, 0.29) is 0 Å². The molecule has 2 aliphatic rings. The topological polar surface area (TPSA) is 113 Å². The Morgan fingerprint density at radius 3 is 1.52 bits per heavy atom. The summed E-state index contributed by atoms with van der Waals surface area (Å²) in [6.45, 7) is 6.04. The molecule has 10 nitrogen and oxygen atoms in total. The van der Waals surface area contributed by atoms with E-state index in [9.17, 15) is 0 Å². The highest BCUT2D eigenvalue weighted by Crippen LogP contribution is 2.42. The second-order valence-electron chi connectivity index (χ2n) is 11.5. The summed E-state index contributed by atoms with van der Waals surface area (Å²) in [6, 6.07) is 11.5. The third kappa shape index (κ3) is 7.43. The smallest absolute Gasteiger partial charge is 0.237 e. The quantitative estimate of drug-likeness (QED) is 0.181. The van der Waals surface area contributed by atoms with E-state index in [1.807, 2.05) is 36.4 Å². The molecule has 2 atom stereocenters. The summed E-state index contributed by atoms with van der Waals surface area (Å²) >= 11 is 14.1. The van der Waals surface area contributed by atoms with Crippen LogP contribution in [0.1, 0.15) is 24.2 Å². The standard InChI is InChI=1S/C34H38Cl2N6O4/c1-43-33-29(15-37-13-21-9-11-45-19-21)39-17-27(41-33)25-7-3-5-23(31(25)35)24-6-4-8-26(32(24)36)28-18-40-30(34(42-28)44-2)16-38-14-22-10-12-46-20-22/h3-8,17-18,21-22,37-38H,9-16,19-20H2,1-2H3/t21-,22-/m1/s1. The van der Waals surface area contributed by atoms with Crippen molar-refractivity contribution in [1.82, 2.24) is 30.6 Å². The zero-order valence-corrected chi connectivity index (χ0v) is 27.5. The molecule has 2 aliphatic heterocycles. The zero-order valence-electron chi connectivity index (χ0n) is 26.0. The first-order valence-electron chi connectivity index (χ1n) is 15.5. The Hall–Kier alpha value is -3.38. The minimum atomic E-state index is 0.452. The van der Waals surface area contributed by atoms with Crippen molar-refractivity contribution < 1.29 is 18.9 Å². The van der Waals surface area contributed by atoms with Gasteiger partial charge in [-0.05, 0) is 24.7 Å². The molecule has 242 valence electrons. The van der Waals surface area contributed by atoms with Gasteiger partial charge in [-0.3, -0.25) is 9.97 Å². The summed E-state index contributed by atoms with van der Waals surface area (Å²) in [5.74, 6) is 1.94. The molecular weight excluding hydrogens is 627 g/mol. The molecule has 0 spiro atoms. The summed E-state index contributed by atoms with van der Waals surface area (Å²) in [5, 5.41) is 7.90. The van der Waals surface area contributed by atoms with Gasteiger partial charge in [0.05, 0.1) is 61.3 Å². The van der Waals surface area contributed by atoms with Crippen molar-refractivity contribution in [2.24, 2.45) is 11.8 Å². The lowest BCUT2D eigenvalue weighted by Gasteiger charge is -2.15. The molecule has 4 heterocycles. The summed E-state index contributed by atoms with van der Waals surface area (Å²) in [6.07, 6.45) is 5.58. The minimum Gasteiger partial charge on any atom is -0.480 e. The number of hydrogen-bond acceptors (Lipinski definition) is 10. The Balaban J connectivity index is 1.22. The van der Waals surface area contributed by atoms with Gasteiger partial charge in [0.15, 0.2) is 0 Å². The molecule has 2 fully saturated rings. The molecule has 46 heavy (non-hydrogen) atoms. The number of nitrogens with one attached hydrogen (secondary N) is 2. The molecule has 4 aromatic rings. The summed E-state index contributed by atoms with van der Waals surface area (Å²) < 4.78 is 22.1. The van der Waals surface area contributed by atoms with Crippen molar-refractivity contribution in [3.63, 3.8) is 0 Å². The Bertz CT molecular complexity index is 1530.